The summed E-state index contributed by atoms with van der Waals surface area (Å²) < 4.78 is 5.26. The first-order valence-corrected chi connectivity index (χ1v) is 10.2. The van der Waals surface area contributed by atoms with Crippen molar-refractivity contribution in [3.8, 4) is 0 Å². The Morgan fingerprint density at radius 2 is 1.93 bits per heavy atom. The topological polar surface area (TPSA) is 70.7 Å². The maximum atomic E-state index is 12.6. The second kappa shape index (κ2) is 9.28. The number of nitrogens with one attached hydrogen (secondary N) is 2. The van der Waals surface area contributed by atoms with Crippen LogP contribution in [0.1, 0.15) is 35.8 Å². The van der Waals surface area contributed by atoms with E-state index in [0.29, 0.717) is 27.0 Å². The number of esters is 1. The van der Waals surface area contributed by atoms with Gasteiger partial charge in [0, 0.05) is 29.0 Å². The Morgan fingerprint density at radius 1 is 1.23 bits per heavy atom. The number of carbonyl (C=O) groups is 2. The molecule has 0 spiro atoms. The van der Waals surface area contributed by atoms with Crippen LogP contribution in [0.25, 0.3) is 0 Å². The van der Waals surface area contributed by atoms with Crippen LogP contribution in [-0.4, -0.2) is 35.5 Å². The lowest BCUT2D eigenvalue weighted by molar-refractivity contribution is -0.139. The van der Waals surface area contributed by atoms with E-state index in [9.17, 15) is 9.59 Å². The minimum Gasteiger partial charge on any atom is -0.463 e. The van der Waals surface area contributed by atoms with Crippen LogP contribution in [0.15, 0.2) is 59.8 Å². The van der Waals surface area contributed by atoms with E-state index >= 15 is 0 Å². The Labute approximate surface area is 185 Å². The van der Waals surface area contributed by atoms with Crippen molar-refractivity contribution in [2.24, 2.45) is 0 Å². The third kappa shape index (κ3) is 4.63. The molecule has 1 amide bonds. The number of nitrogens with zero attached hydrogens (tertiary/aromatic N) is 1. The van der Waals surface area contributed by atoms with Crippen molar-refractivity contribution in [1.29, 1.82) is 0 Å². The summed E-state index contributed by atoms with van der Waals surface area (Å²) in [7, 11) is 1.79. The van der Waals surface area contributed by atoms with Crippen molar-refractivity contribution >= 4 is 46.5 Å². The van der Waals surface area contributed by atoms with Gasteiger partial charge in [0.15, 0.2) is 5.11 Å². The van der Waals surface area contributed by atoms with E-state index in [4.69, 9.17) is 28.6 Å². The van der Waals surface area contributed by atoms with Crippen molar-refractivity contribution in [3.05, 3.63) is 76.0 Å². The lowest BCUT2D eigenvalue weighted by atomic mass is 9.95. The van der Waals surface area contributed by atoms with Crippen LogP contribution >= 0.6 is 23.8 Å². The maximum absolute atomic E-state index is 12.6. The summed E-state index contributed by atoms with van der Waals surface area (Å²) in [6.45, 7) is 3.87. The van der Waals surface area contributed by atoms with E-state index in [1.54, 1.807) is 49.2 Å². The average molecular weight is 444 g/mol. The van der Waals surface area contributed by atoms with Gasteiger partial charge in [-0.25, -0.2) is 4.79 Å². The fraction of sp³-hybridized carbons (Fsp3) is 0.227. The Hall–Kier alpha value is -2.90. The molecule has 30 heavy (non-hydrogen) atoms. The van der Waals surface area contributed by atoms with Crippen LogP contribution in [0.5, 0.6) is 0 Å². The molecule has 1 heterocycles. The molecule has 156 valence electrons. The highest BCUT2D eigenvalue weighted by atomic mass is 35.5. The van der Waals surface area contributed by atoms with Crippen LogP contribution in [0.4, 0.5) is 5.69 Å². The molecule has 1 atom stereocenters. The van der Waals surface area contributed by atoms with Gasteiger partial charge in [0.2, 0.25) is 0 Å². The van der Waals surface area contributed by atoms with E-state index in [2.05, 4.69) is 10.6 Å². The highest BCUT2D eigenvalue weighted by molar-refractivity contribution is 7.80. The number of hydrogen-bond donors (Lipinski definition) is 2. The third-order valence-corrected chi connectivity index (χ3v) is 5.48. The molecule has 0 aliphatic carbocycles. The molecule has 8 heteroatoms. The normalized spacial score (nSPS) is 16.2. The highest BCUT2D eigenvalue weighted by Crippen LogP contribution is 2.32. The lowest BCUT2D eigenvalue weighted by Crippen LogP contribution is -2.46. The Morgan fingerprint density at radius 3 is 2.60 bits per heavy atom. The van der Waals surface area contributed by atoms with Gasteiger partial charge in [0.25, 0.3) is 5.91 Å². The van der Waals surface area contributed by atoms with Gasteiger partial charge in [-0.2, -0.15) is 0 Å². The molecule has 0 radical (unpaired) electrons. The van der Waals surface area contributed by atoms with Crippen molar-refractivity contribution in [2.45, 2.75) is 19.9 Å². The number of rotatable bonds is 5. The van der Waals surface area contributed by atoms with Gasteiger partial charge in [0.05, 0.1) is 18.2 Å². The van der Waals surface area contributed by atoms with Crippen LogP contribution in [-0.2, 0) is 9.53 Å². The summed E-state index contributed by atoms with van der Waals surface area (Å²) in [5.74, 6) is -0.662. The number of benzene rings is 2. The number of hydrogen-bond acceptors (Lipinski definition) is 4. The van der Waals surface area contributed by atoms with E-state index in [1.165, 1.54) is 0 Å². The van der Waals surface area contributed by atoms with E-state index in [1.807, 2.05) is 25.1 Å². The molecule has 0 saturated carbocycles. The first-order valence-electron chi connectivity index (χ1n) is 9.40. The fourth-order valence-electron chi connectivity index (χ4n) is 3.16. The van der Waals surface area contributed by atoms with E-state index in [-0.39, 0.29) is 12.5 Å². The van der Waals surface area contributed by atoms with Crippen LogP contribution in [0.2, 0.25) is 5.02 Å². The van der Waals surface area contributed by atoms with Gasteiger partial charge >= 0.3 is 5.97 Å². The number of allylic oxidation sites excluding steroid dienone is 1. The van der Waals surface area contributed by atoms with Gasteiger partial charge in [-0.15, -0.1) is 0 Å². The van der Waals surface area contributed by atoms with Crippen LogP contribution in [0.3, 0.4) is 0 Å². The SMILES string of the molecule is CCOC(=O)C1=C(C)N(C)C(=S)NC1c1cccc(NC(=O)c2ccc(Cl)cc2)c1. The highest BCUT2D eigenvalue weighted by Gasteiger charge is 2.33. The standard InChI is InChI=1S/C22H22ClN3O3S/c1-4-29-21(28)18-13(2)26(3)22(30)25-19(18)15-6-5-7-17(12-15)24-20(27)14-8-10-16(23)11-9-14/h5-12,19H,4H2,1-3H3,(H,24,27)(H,25,30). The predicted octanol–water partition coefficient (Wildman–Crippen LogP) is 4.29. The van der Waals surface area contributed by atoms with Gasteiger partial charge in [-0.3, -0.25) is 4.79 Å². The Bertz CT molecular complexity index is 1020. The summed E-state index contributed by atoms with van der Waals surface area (Å²) in [6, 6.07) is 13.4. The molecule has 3 rings (SSSR count). The molecule has 0 saturated heterocycles. The van der Waals surface area contributed by atoms with E-state index < -0.39 is 12.0 Å². The second-order valence-corrected chi connectivity index (χ2v) is 7.57. The summed E-state index contributed by atoms with van der Waals surface area (Å²) >= 11 is 11.3. The first-order chi connectivity index (χ1) is 14.3. The van der Waals surface area contributed by atoms with Gasteiger partial charge in [-0.05, 0) is 68.0 Å². The Balaban J connectivity index is 1.91. The zero-order valence-electron chi connectivity index (χ0n) is 16.9. The maximum Gasteiger partial charge on any atom is 0.338 e. The number of thiocarbonyl (C=S) groups is 1. The molecule has 6 nitrogen and oxygen atoms in total. The van der Waals surface area contributed by atoms with Gasteiger partial charge < -0.3 is 20.3 Å². The van der Waals surface area contributed by atoms with Crippen molar-refractivity contribution in [2.75, 3.05) is 19.0 Å². The molecule has 1 unspecified atom stereocenters. The average Bonchev–Trinajstić information content (AvgIpc) is 2.72. The summed E-state index contributed by atoms with van der Waals surface area (Å²) in [4.78, 5) is 26.9. The Kier molecular flexibility index (Phi) is 6.74. The summed E-state index contributed by atoms with van der Waals surface area (Å²) in [6.07, 6.45) is 0. The molecule has 2 N–H and O–H groups in total. The zero-order chi connectivity index (χ0) is 21.8. The van der Waals surface area contributed by atoms with E-state index in [0.717, 1.165) is 11.3 Å². The molecule has 0 aromatic heterocycles. The minimum absolute atomic E-state index is 0.256. The van der Waals surface area contributed by atoms with Gasteiger partial charge in [-0.1, -0.05) is 23.7 Å². The summed E-state index contributed by atoms with van der Waals surface area (Å²) in [5, 5.41) is 7.13. The molecule has 1 aliphatic heterocycles. The predicted molar refractivity (Wildman–Crippen MR) is 121 cm³/mol. The van der Waals surface area contributed by atoms with Crippen LogP contribution in [0, 0.1) is 0 Å². The third-order valence-electron chi connectivity index (χ3n) is 4.83. The van der Waals surface area contributed by atoms with Crippen molar-refractivity contribution < 1.29 is 14.3 Å². The lowest BCUT2D eigenvalue weighted by Gasteiger charge is -2.35. The second-order valence-electron chi connectivity index (χ2n) is 6.75. The number of anilines is 1. The molecule has 2 aromatic carbocycles. The van der Waals surface area contributed by atoms with Gasteiger partial charge in [0.1, 0.15) is 0 Å². The molecular formula is C22H22ClN3O3S. The number of carbonyl (C=O) groups excluding carboxylic acids is 2. The smallest absolute Gasteiger partial charge is 0.338 e. The fourth-order valence-corrected chi connectivity index (χ4v) is 3.54. The number of halogens is 1. The van der Waals surface area contributed by atoms with Crippen molar-refractivity contribution in [1.82, 2.24) is 10.2 Å². The minimum atomic E-state index is -0.486. The molecule has 1 aliphatic rings. The monoisotopic (exact) mass is 443 g/mol. The zero-order valence-corrected chi connectivity index (χ0v) is 18.4. The van der Waals surface area contributed by atoms with Crippen LogP contribution < -0.4 is 10.6 Å². The quantitative estimate of drug-likeness (QED) is 0.530. The summed E-state index contributed by atoms with van der Waals surface area (Å²) in [5.41, 5.74) is 3.07. The molecule has 0 fully saturated rings. The molecule has 0 bridgehead atoms. The largest absolute Gasteiger partial charge is 0.463 e. The molecular weight excluding hydrogens is 422 g/mol. The van der Waals surface area contributed by atoms with Crippen molar-refractivity contribution in [3.63, 3.8) is 0 Å². The molecule has 2 aromatic rings. The first kappa shape index (κ1) is 21.8. The number of ether oxygens (including phenoxy) is 1. The number of amides is 1.